The zero-order valence-electron chi connectivity index (χ0n) is 14.5. The van der Waals surface area contributed by atoms with E-state index < -0.39 is 10.0 Å². The predicted molar refractivity (Wildman–Crippen MR) is 111 cm³/mol. The number of aromatic nitrogens is 1. The highest BCUT2D eigenvalue weighted by molar-refractivity contribution is 9.13. The zero-order chi connectivity index (χ0) is 19.6. The number of hydrogen-bond donors (Lipinski definition) is 1. The van der Waals surface area contributed by atoms with Crippen molar-refractivity contribution in [1.82, 2.24) is 5.16 Å². The second-order valence-electron chi connectivity index (χ2n) is 5.62. The maximum Gasteiger partial charge on any atom is 0.267 e. The molecule has 1 aromatic heterocycles. The van der Waals surface area contributed by atoms with Gasteiger partial charge in [0.15, 0.2) is 0 Å². The lowest BCUT2D eigenvalue weighted by Crippen LogP contribution is -2.14. The third-order valence-electron chi connectivity index (χ3n) is 3.90. The molecule has 3 rings (SSSR count). The average Bonchev–Trinajstić information content (AvgIpc) is 3.10. The van der Waals surface area contributed by atoms with Gasteiger partial charge in [0, 0.05) is 20.6 Å². The molecule has 0 fully saturated rings. The van der Waals surface area contributed by atoms with E-state index in [0.717, 1.165) is 20.1 Å². The van der Waals surface area contributed by atoms with Crippen LogP contribution in [0.1, 0.15) is 12.5 Å². The minimum Gasteiger partial charge on any atom is -0.495 e. The largest absolute Gasteiger partial charge is 0.495 e. The number of ether oxygens (including phenoxy) is 1. The Morgan fingerprint density at radius 1 is 1.19 bits per heavy atom. The Bertz CT molecular complexity index is 1080. The van der Waals surface area contributed by atoms with Gasteiger partial charge in [0.25, 0.3) is 10.0 Å². The van der Waals surface area contributed by atoms with Gasteiger partial charge in [0.05, 0.1) is 7.11 Å². The third kappa shape index (κ3) is 4.20. The third-order valence-corrected chi connectivity index (χ3v) is 7.31. The SMILES string of the molecule is CCc1ccc(OC)c(S(=O)(=O)Nc2cc(-c3cccc(Br)c3Br)no2)c1. The van der Waals surface area contributed by atoms with Crippen LogP contribution < -0.4 is 9.46 Å². The molecule has 9 heteroatoms. The summed E-state index contributed by atoms with van der Waals surface area (Å²) in [5.74, 6) is 0.273. The summed E-state index contributed by atoms with van der Waals surface area (Å²) in [5, 5.41) is 3.96. The first-order valence-electron chi connectivity index (χ1n) is 7.96. The Morgan fingerprint density at radius 2 is 1.96 bits per heavy atom. The van der Waals surface area contributed by atoms with Gasteiger partial charge in [-0.3, -0.25) is 0 Å². The minimum atomic E-state index is -3.91. The first kappa shape index (κ1) is 19.9. The lowest BCUT2D eigenvalue weighted by atomic mass is 10.1. The lowest BCUT2D eigenvalue weighted by molar-refractivity contribution is 0.402. The normalized spacial score (nSPS) is 11.4. The molecule has 142 valence electrons. The Kier molecular flexibility index (Phi) is 5.92. The van der Waals surface area contributed by atoms with Gasteiger partial charge in [-0.2, -0.15) is 0 Å². The van der Waals surface area contributed by atoms with Gasteiger partial charge in [-0.05, 0) is 62.0 Å². The fraction of sp³-hybridized carbons (Fsp3) is 0.167. The molecule has 0 amide bonds. The van der Waals surface area contributed by atoms with Crippen molar-refractivity contribution in [3.05, 3.63) is 57.0 Å². The number of methoxy groups -OCH3 is 1. The molecule has 1 N–H and O–H groups in total. The zero-order valence-corrected chi connectivity index (χ0v) is 18.5. The van der Waals surface area contributed by atoms with Crippen molar-refractivity contribution in [2.75, 3.05) is 11.8 Å². The van der Waals surface area contributed by atoms with Crippen LogP contribution in [0.5, 0.6) is 5.75 Å². The van der Waals surface area contributed by atoms with Crippen LogP contribution in [-0.2, 0) is 16.4 Å². The summed E-state index contributed by atoms with van der Waals surface area (Å²) in [4.78, 5) is 0.0472. The van der Waals surface area contributed by atoms with Crippen molar-refractivity contribution < 1.29 is 17.7 Å². The highest BCUT2D eigenvalue weighted by Crippen LogP contribution is 2.35. The maximum absolute atomic E-state index is 12.8. The van der Waals surface area contributed by atoms with Gasteiger partial charge in [0.2, 0.25) is 5.88 Å². The first-order chi connectivity index (χ1) is 12.9. The van der Waals surface area contributed by atoms with Crippen LogP contribution in [0, 0.1) is 0 Å². The molecule has 0 unspecified atom stereocenters. The molecule has 6 nitrogen and oxygen atoms in total. The summed E-state index contributed by atoms with van der Waals surface area (Å²) >= 11 is 6.90. The summed E-state index contributed by atoms with van der Waals surface area (Å²) in [6.07, 6.45) is 0.704. The summed E-state index contributed by atoms with van der Waals surface area (Å²) in [6.45, 7) is 1.95. The number of nitrogens with zero attached hydrogens (tertiary/aromatic N) is 1. The van der Waals surface area contributed by atoms with Crippen LogP contribution in [0.2, 0.25) is 0 Å². The molecule has 0 saturated carbocycles. The van der Waals surface area contributed by atoms with E-state index in [0.29, 0.717) is 12.1 Å². The summed E-state index contributed by atoms with van der Waals surface area (Å²) in [6, 6.07) is 12.2. The lowest BCUT2D eigenvalue weighted by Gasteiger charge is -2.11. The molecular weight excluding hydrogens is 500 g/mol. The number of aryl methyl sites for hydroxylation is 1. The fourth-order valence-corrected chi connectivity index (χ4v) is 4.52. The highest BCUT2D eigenvalue weighted by atomic mass is 79.9. The van der Waals surface area contributed by atoms with Crippen LogP contribution in [0.15, 0.2) is 60.8 Å². The molecule has 0 atom stereocenters. The summed E-state index contributed by atoms with van der Waals surface area (Å²) in [7, 11) is -2.48. The first-order valence-corrected chi connectivity index (χ1v) is 11.0. The van der Waals surface area contributed by atoms with Crippen molar-refractivity contribution in [2.45, 2.75) is 18.2 Å². The Labute approximate surface area is 174 Å². The fourth-order valence-electron chi connectivity index (χ4n) is 2.49. The van der Waals surface area contributed by atoms with Crippen LogP contribution in [-0.4, -0.2) is 20.7 Å². The predicted octanol–water partition coefficient (Wildman–Crippen LogP) is 5.24. The van der Waals surface area contributed by atoms with E-state index in [9.17, 15) is 8.42 Å². The number of halogens is 2. The van der Waals surface area contributed by atoms with E-state index in [4.69, 9.17) is 9.26 Å². The molecule has 0 spiro atoms. The Balaban J connectivity index is 1.94. The molecule has 0 bridgehead atoms. The second-order valence-corrected chi connectivity index (χ2v) is 8.92. The van der Waals surface area contributed by atoms with Crippen molar-refractivity contribution in [1.29, 1.82) is 0 Å². The summed E-state index contributed by atoms with van der Waals surface area (Å²) < 4.78 is 40.1. The molecular formula is C18H16Br2N2O4S. The second kappa shape index (κ2) is 8.04. The van der Waals surface area contributed by atoms with E-state index in [1.54, 1.807) is 12.1 Å². The van der Waals surface area contributed by atoms with Crippen LogP contribution in [0.4, 0.5) is 5.88 Å². The van der Waals surface area contributed by atoms with Crippen molar-refractivity contribution in [3.8, 4) is 17.0 Å². The number of hydrogen-bond acceptors (Lipinski definition) is 5. The van der Waals surface area contributed by atoms with Gasteiger partial charge < -0.3 is 9.26 Å². The average molecular weight is 516 g/mol. The number of nitrogens with one attached hydrogen (secondary N) is 1. The molecule has 0 aliphatic rings. The number of rotatable bonds is 6. The van der Waals surface area contributed by atoms with E-state index >= 15 is 0 Å². The minimum absolute atomic E-state index is 0.0147. The Morgan fingerprint density at radius 3 is 2.67 bits per heavy atom. The van der Waals surface area contributed by atoms with E-state index in [1.165, 1.54) is 13.2 Å². The summed E-state index contributed by atoms with van der Waals surface area (Å²) in [5.41, 5.74) is 2.15. The Hall–Kier alpha value is -1.84. The molecule has 0 aliphatic carbocycles. The molecule has 3 aromatic rings. The van der Waals surface area contributed by atoms with Gasteiger partial charge in [0.1, 0.15) is 16.3 Å². The van der Waals surface area contributed by atoms with Crippen molar-refractivity contribution in [3.63, 3.8) is 0 Å². The van der Waals surface area contributed by atoms with Gasteiger partial charge >= 0.3 is 0 Å². The number of benzene rings is 2. The molecule has 0 aliphatic heterocycles. The quantitative estimate of drug-likeness (QED) is 0.485. The number of anilines is 1. The van der Waals surface area contributed by atoms with Gasteiger partial charge in [-0.25, -0.2) is 13.1 Å². The maximum atomic E-state index is 12.8. The smallest absolute Gasteiger partial charge is 0.267 e. The van der Waals surface area contributed by atoms with Gasteiger partial charge in [-0.1, -0.05) is 30.3 Å². The van der Waals surface area contributed by atoms with Crippen molar-refractivity contribution in [2.24, 2.45) is 0 Å². The van der Waals surface area contributed by atoms with E-state index in [-0.39, 0.29) is 16.5 Å². The molecule has 0 saturated heterocycles. The molecule has 2 aromatic carbocycles. The topological polar surface area (TPSA) is 81.4 Å². The van der Waals surface area contributed by atoms with Crippen LogP contribution in [0.3, 0.4) is 0 Å². The number of sulfonamides is 1. The molecule has 1 heterocycles. The molecule has 27 heavy (non-hydrogen) atoms. The highest BCUT2D eigenvalue weighted by Gasteiger charge is 2.22. The monoisotopic (exact) mass is 514 g/mol. The molecule has 0 radical (unpaired) electrons. The standard InChI is InChI=1S/C18H16Br2N2O4S/c1-3-11-7-8-15(25-2)16(9-11)27(23,24)22-17-10-14(21-26-17)12-5-4-6-13(19)18(12)20/h4-10,22H,3H2,1-2H3. The van der Waals surface area contributed by atoms with Crippen LogP contribution in [0.25, 0.3) is 11.3 Å². The van der Waals surface area contributed by atoms with Gasteiger partial charge in [-0.15, -0.1) is 0 Å². The van der Waals surface area contributed by atoms with Crippen LogP contribution >= 0.6 is 31.9 Å². The van der Waals surface area contributed by atoms with Crippen molar-refractivity contribution >= 4 is 47.8 Å². The van der Waals surface area contributed by atoms with E-state index in [1.807, 2.05) is 31.2 Å². The van der Waals surface area contributed by atoms with E-state index in [2.05, 4.69) is 41.7 Å².